The lowest BCUT2D eigenvalue weighted by molar-refractivity contribution is -0.705. The fourth-order valence-corrected chi connectivity index (χ4v) is 12.6. The third kappa shape index (κ3) is 19.2. The van der Waals surface area contributed by atoms with Crippen LogP contribution in [0, 0.1) is 117 Å². The first-order valence-corrected chi connectivity index (χ1v) is 27.3. The molecule has 0 spiro atoms. The van der Waals surface area contributed by atoms with Gasteiger partial charge in [0.25, 0.3) is 0 Å². The van der Waals surface area contributed by atoms with Crippen LogP contribution in [-0.4, -0.2) is 60.5 Å². The minimum Gasteiger partial charge on any atom is -0.412 e. The van der Waals surface area contributed by atoms with Gasteiger partial charge >= 0.3 is 18.9 Å². The molecule has 2 aliphatic rings. The molecule has 28 nitrogen and oxygen atoms in total. The van der Waals surface area contributed by atoms with E-state index < -0.39 is 20.3 Å². The molecule has 2 aliphatic heterocycles. The number of aromatic nitrogens is 8. The number of benzene rings is 4. The van der Waals surface area contributed by atoms with E-state index in [1.54, 1.807) is 0 Å². The first-order valence-electron chi connectivity index (χ1n) is 24.2. The number of hydrogen-bond acceptors (Lipinski definition) is 12. The van der Waals surface area contributed by atoms with E-state index in [0.717, 1.165) is 71.3 Å². The van der Waals surface area contributed by atoms with E-state index in [2.05, 4.69) is 253 Å². The molecular formula is C52H64Br4N12O16. The third-order valence-corrected chi connectivity index (χ3v) is 17.2. The van der Waals surface area contributed by atoms with E-state index in [1.807, 2.05) is 0 Å². The molecule has 0 atom stereocenters. The van der Waals surface area contributed by atoms with Gasteiger partial charge < -0.3 is 83.2 Å². The summed E-state index contributed by atoms with van der Waals surface area (Å²) in [5.74, 6) is 0. The van der Waals surface area contributed by atoms with Gasteiger partial charge in [0, 0.05) is 119 Å². The third-order valence-electron chi connectivity index (χ3n) is 13.8. The highest BCUT2D eigenvalue weighted by atomic mass is 79.9. The molecule has 6 heterocycles. The number of halogens is 4. The predicted octanol–water partition coefficient (Wildman–Crippen LogP) is 6.00. The Kier molecular flexibility index (Phi) is 29.1. The van der Waals surface area contributed by atoms with Crippen molar-refractivity contribution in [2.75, 3.05) is 0 Å². The molecule has 84 heavy (non-hydrogen) atoms. The zero-order valence-corrected chi connectivity index (χ0v) is 53.0. The largest absolute Gasteiger partial charge is 0.412 e. The molecule has 456 valence electrons. The highest BCUT2D eigenvalue weighted by molar-refractivity contribution is 9.11. The average molecular weight is 1430 g/mol. The van der Waals surface area contributed by atoms with Crippen molar-refractivity contribution in [3.8, 4) is 0 Å². The van der Waals surface area contributed by atoms with E-state index in [4.69, 9.17) is 61.3 Å². The Morgan fingerprint density at radius 2 is 0.464 bits per heavy atom. The van der Waals surface area contributed by atoms with Crippen molar-refractivity contribution in [2.24, 2.45) is 0 Å². The maximum Gasteiger partial charge on any atom is 0.326 e. The normalized spacial score (nSPS) is 11.4. The van der Waals surface area contributed by atoms with Crippen LogP contribution in [0.3, 0.4) is 0 Å². The van der Waals surface area contributed by atoms with Crippen molar-refractivity contribution in [1.82, 2.24) is 18.3 Å². The topological polar surface area (TPSA) is 426 Å². The minimum atomic E-state index is -1.75. The summed E-state index contributed by atoms with van der Waals surface area (Å²) in [4.78, 5) is 33.0. The van der Waals surface area contributed by atoms with Gasteiger partial charge in [-0.05, 0) is 68.8 Å². The van der Waals surface area contributed by atoms with E-state index in [-0.39, 0.29) is 21.9 Å². The standard InChI is InChI=1S/2C26H28Br2N4.4NO3.4H2O/c2*1-17-18(2)30-14-22-8-6-10-24(12-22)16-32-20(4)19(3)31(26(32)28)15-23-9-5-7-21(11-23)13-29(17)25(30)27;4*2-1(3)4;;;;/h2*5-12H,13-16H2,1-4H3;;;;;4*1H2/q2*+2;4*-1;;;;. The van der Waals surface area contributed by atoms with Crippen molar-refractivity contribution in [2.45, 2.75) is 108 Å². The monoisotopic (exact) mass is 1430 g/mol. The summed E-state index contributed by atoms with van der Waals surface area (Å²) in [6.07, 6.45) is 0. The van der Waals surface area contributed by atoms with Crippen LogP contribution in [0.2, 0.25) is 0 Å². The first-order chi connectivity index (χ1) is 37.6. The number of nitrogens with zero attached hydrogens (tertiary/aromatic N) is 12. The van der Waals surface area contributed by atoms with Gasteiger partial charge in [0.15, 0.2) is 0 Å². The van der Waals surface area contributed by atoms with E-state index in [9.17, 15) is 0 Å². The molecular weight excluding hydrogens is 1370 g/mol. The average Bonchev–Trinajstić information content (AvgIpc) is 3.56. The lowest BCUT2D eigenvalue weighted by atomic mass is 10.1. The lowest BCUT2D eigenvalue weighted by Gasteiger charge is -2.07. The molecule has 32 heteroatoms. The Morgan fingerprint density at radius 1 is 0.321 bits per heavy atom. The highest BCUT2D eigenvalue weighted by Crippen LogP contribution is 2.24. The highest BCUT2D eigenvalue weighted by Gasteiger charge is 2.29. The summed E-state index contributed by atoms with van der Waals surface area (Å²) >= 11 is 15.6. The number of fused-ring (bicyclic) bond motifs is 16. The Balaban J connectivity index is 0.000000645. The van der Waals surface area contributed by atoms with Crippen LogP contribution in [0.4, 0.5) is 0 Å². The van der Waals surface area contributed by atoms with Crippen LogP contribution in [0.15, 0.2) is 116 Å². The van der Waals surface area contributed by atoms with Gasteiger partial charge in [-0.15, -0.1) is 0 Å². The molecule has 4 aromatic heterocycles. The van der Waals surface area contributed by atoms with Gasteiger partial charge in [-0.3, -0.25) is 0 Å². The Morgan fingerprint density at radius 3 is 0.631 bits per heavy atom. The molecule has 0 fully saturated rings. The SMILES string of the molecule is Cc1c(C)[n+]2c(Br)n1Cc1cccc(c1)Cn1c(C)c(C)[n+](c1Br)Cc1cccc(c1)C2.Cc1c(C)[n+]2c(Br)n1Cc1cccc(c1)Cn1c(C)c(C)[n+](c1Br)Cc1cccc(c1)C2.O.O.O.O.O=[N+]([O-])[O-].O=[N+]([O-])[O-].O=[N+]([O-])[O-].O=[N+]([O-])[O-]. The Bertz CT molecular complexity index is 2950. The maximum atomic E-state index is 8.25. The Hall–Kier alpha value is -7.72. The minimum absolute atomic E-state index is 0. The molecule has 16 bridgehead atoms. The molecule has 0 saturated carbocycles. The van der Waals surface area contributed by atoms with Crippen LogP contribution < -0.4 is 18.3 Å². The van der Waals surface area contributed by atoms with Gasteiger partial charge in [0.1, 0.15) is 97.9 Å². The summed E-state index contributed by atoms with van der Waals surface area (Å²) in [7, 11) is 0. The fraction of sp³-hybridized carbons (Fsp3) is 0.308. The van der Waals surface area contributed by atoms with Gasteiger partial charge in [-0.1, -0.05) is 72.8 Å². The predicted molar refractivity (Wildman–Crippen MR) is 322 cm³/mol. The van der Waals surface area contributed by atoms with E-state index >= 15 is 0 Å². The second-order valence-electron chi connectivity index (χ2n) is 18.6. The van der Waals surface area contributed by atoms with Crippen molar-refractivity contribution < 1.29 is 60.5 Å². The maximum absolute atomic E-state index is 8.25. The smallest absolute Gasteiger partial charge is 0.326 e. The molecule has 8 aromatic rings. The van der Waals surface area contributed by atoms with E-state index in [0.29, 0.717) is 0 Å². The molecule has 0 unspecified atom stereocenters. The number of hydrogen-bond donors (Lipinski definition) is 0. The summed E-state index contributed by atoms with van der Waals surface area (Å²) in [6.45, 7) is 24.5. The van der Waals surface area contributed by atoms with Gasteiger partial charge in [-0.25, -0.2) is 36.5 Å². The lowest BCUT2D eigenvalue weighted by Crippen LogP contribution is -2.38. The molecule has 4 aromatic carbocycles. The number of imidazole rings is 4. The first kappa shape index (κ1) is 74.3. The summed E-state index contributed by atoms with van der Waals surface area (Å²) in [6, 6.07) is 35.9. The van der Waals surface area contributed by atoms with Gasteiger partial charge in [-0.2, -0.15) is 0 Å². The second kappa shape index (κ2) is 32.9. The van der Waals surface area contributed by atoms with Crippen molar-refractivity contribution >= 4 is 63.7 Å². The molecule has 8 N–H and O–H groups in total. The second-order valence-corrected chi connectivity index (χ2v) is 21.5. The quantitative estimate of drug-likeness (QED) is 0.0958. The van der Waals surface area contributed by atoms with Gasteiger partial charge in [0.2, 0.25) is 0 Å². The summed E-state index contributed by atoms with van der Waals surface area (Å²) in [5, 5.41) is 59.0. The van der Waals surface area contributed by atoms with E-state index in [1.165, 1.54) is 90.1 Å². The number of rotatable bonds is 0. The van der Waals surface area contributed by atoms with Crippen molar-refractivity contribution in [3.63, 3.8) is 0 Å². The molecule has 0 amide bonds. The molecule has 0 aliphatic carbocycles. The van der Waals surface area contributed by atoms with Crippen LogP contribution in [0.25, 0.3) is 0 Å². The van der Waals surface area contributed by atoms with Crippen molar-refractivity contribution in [3.05, 3.63) is 267 Å². The van der Waals surface area contributed by atoms with Crippen LogP contribution in [0.5, 0.6) is 0 Å². The molecule has 0 saturated heterocycles. The van der Waals surface area contributed by atoms with Crippen LogP contribution in [-0.2, 0) is 52.4 Å². The summed E-state index contributed by atoms with van der Waals surface area (Å²) < 4.78 is 23.5. The van der Waals surface area contributed by atoms with Crippen LogP contribution >= 0.6 is 63.7 Å². The zero-order chi connectivity index (χ0) is 59.4. The van der Waals surface area contributed by atoms with Crippen molar-refractivity contribution in [1.29, 1.82) is 0 Å². The zero-order valence-electron chi connectivity index (χ0n) is 46.7. The molecule has 10 rings (SSSR count). The summed E-state index contributed by atoms with van der Waals surface area (Å²) in [5.41, 5.74) is 20.9. The Labute approximate surface area is 514 Å². The fourth-order valence-electron chi connectivity index (χ4n) is 9.49. The van der Waals surface area contributed by atoms with Gasteiger partial charge in [0.05, 0.1) is 20.3 Å². The molecule has 0 radical (unpaired) electrons. The van der Waals surface area contributed by atoms with Crippen LogP contribution in [0.1, 0.15) is 90.1 Å².